The molecule has 0 aliphatic carbocycles. The lowest BCUT2D eigenvalue weighted by Crippen LogP contribution is -2.37. The predicted octanol–water partition coefficient (Wildman–Crippen LogP) is 9.56. The van der Waals surface area contributed by atoms with Gasteiger partial charge in [-0.2, -0.15) is 0 Å². The van der Waals surface area contributed by atoms with E-state index in [0.717, 1.165) is 95.5 Å². The van der Waals surface area contributed by atoms with Gasteiger partial charge in [0.25, 0.3) is 0 Å². The third-order valence-corrected chi connectivity index (χ3v) is 18.4. The zero-order valence-corrected chi connectivity index (χ0v) is 59.2. The van der Waals surface area contributed by atoms with E-state index in [1.165, 1.54) is 0 Å². The van der Waals surface area contributed by atoms with Gasteiger partial charge in [-0.3, -0.25) is 33.5 Å². The first kappa shape index (κ1) is 74.2. The molecule has 6 heterocycles. The Morgan fingerprint density at radius 1 is 0.484 bits per heavy atom. The number of aliphatic imine (C=N–C) groups is 2. The molecule has 28 heteroatoms. The Morgan fingerprint density at radius 2 is 0.874 bits per heavy atom. The second kappa shape index (κ2) is 36.1. The first-order valence-corrected chi connectivity index (χ1v) is 34.5. The molecule has 0 saturated carbocycles. The van der Waals surface area contributed by atoms with Crippen LogP contribution in [-0.2, 0) is 52.3 Å². The fourth-order valence-electron chi connectivity index (χ4n) is 10.5. The lowest BCUT2D eigenvalue weighted by atomic mass is 9.94. The van der Waals surface area contributed by atoms with Crippen molar-refractivity contribution in [3.63, 3.8) is 0 Å². The van der Waals surface area contributed by atoms with Crippen molar-refractivity contribution in [2.45, 2.75) is 119 Å². The standard InChI is InChI=1S/C67H90Cl2N12O12S2/c1-42-44(3)94-63-57(42)59(48-14-18-50(68)19-15-48)74-52(61-78-76-46(5)80(61)63)36-54(82)71-24-26-86-28-30-88-32-34-90-39-67(10,41-92-38-56(84)70-22-12-11-13-23-73-65(85)93-66(7,8)9)40-91-35-33-89-31-29-87-27-25-72-55(83)37-53-62-79-77-47(6)81(62)64-58(43(2)45(4)95-64)60(75-53)49-16-20-51(69)21-17-49/h14-21,52-53H,11-13,22-41H2,1-10H3,(H,70,84)(H,71,82)(H,72,83)(H,73,85)/t52-,53-/m0/s1. The topological polar surface area (TPSA) is 276 Å². The molecule has 4 N–H and O–H groups in total. The fraction of sp³-hybridized carbons (Fsp3) is 0.552. The maximum atomic E-state index is 13.4. The Balaban J connectivity index is 0.714. The average Bonchev–Trinajstić information content (AvgIpc) is 1.60. The van der Waals surface area contributed by atoms with Gasteiger partial charge in [0, 0.05) is 73.6 Å². The second-order valence-electron chi connectivity index (χ2n) is 24.6. The van der Waals surface area contributed by atoms with Crippen molar-refractivity contribution in [2.24, 2.45) is 15.4 Å². The summed E-state index contributed by atoms with van der Waals surface area (Å²) in [4.78, 5) is 64.2. The number of rotatable bonds is 38. The molecule has 6 aromatic rings. The molecule has 0 fully saturated rings. The minimum atomic E-state index is -0.629. The van der Waals surface area contributed by atoms with E-state index in [1.807, 2.05) is 99.2 Å². The highest BCUT2D eigenvalue weighted by Crippen LogP contribution is 2.41. The van der Waals surface area contributed by atoms with Crippen molar-refractivity contribution in [1.29, 1.82) is 0 Å². The number of carbonyl (C=O) groups is 4. The van der Waals surface area contributed by atoms with E-state index in [1.54, 1.807) is 22.7 Å². The zero-order chi connectivity index (χ0) is 68.1. The Bertz CT molecular complexity index is 3380. The first-order chi connectivity index (χ1) is 45.6. The van der Waals surface area contributed by atoms with Crippen LogP contribution in [0.2, 0.25) is 10.0 Å². The number of thiophene rings is 2. The number of aryl methyl sites for hydroxylation is 4. The summed E-state index contributed by atoms with van der Waals surface area (Å²) in [5.41, 5.74) is 6.39. The van der Waals surface area contributed by atoms with Gasteiger partial charge in [0.1, 0.15) is 45.9 Å². The molecule has 4 aromatic heterocycles. The maximum absolute atomic E-state index is 13.4. The summed E-state index contributed by atoms with van der Waals surface area (Å²) in [7, 11) is 0. The van der Waals surface area contributed by atoms with Crippen LogP contribution in [0.3, 0.4) is 0 Å². The van der Waals surface area contributed by atoms with E-state index in [2.05, 4.69) is 69.4 Å². The van der Waals surface area contributed by atoms with E-state index in [0.29, 0.717) is 87.5 Å². The zero-order valence-electron chi connectivity index (χ0n) is 56.1. The summed E-state index contributed by atoms with van der Waals surface area (Å²) in [5, 5.41) is 32.6. The smallest absolute Gasteiger partial charge is 0.407 e. The Hall–Kier alpha value is -6.56. The highest BCUT2D eigenvalue weighted by molar-refractivity contribution is 7.15. The predicted molar refractivity (Wildman–Crippen MR) is 367 cm³/mol. The largest absolute Gasteiger partial charge is 0.444 e. The monoisotopic (exact) mass is 1390 g/mol. The first-order valence-electron chi connectivity index (χ1n) is 32.1. The number of unbranched alkanes of at least 4 members (excludes halogenated alkanes) is 2. The number of benzene rings is 2. The Morgan fingerprint density at radius 3 is 1.31 bits per heavy atom. The van der Waals surface area contributed by atoms with Crippen LogP contribution in [0.4, 0.5) is 4.79 Å². The van der Waals surface area contributed by atoms with Gasteiger partial charge in [-0.15, -0.1) is 43.1 Å². The van der Waals surface area contributed by atoms with Crippen LogP contribution in [-0.4, -0.2) is 189 Å². The van der Waals surface area contributed by atoms with Gasteiger partial charge in [0.15, 0.2) is 11.6 Å². The van der Waals surface area contributed by atoms with E-state index in [4.69, 9.17) is 71.1 Å². The minimum Gasteiger partial charge on any atom is -0.444 e. The number of amides is 4. The lowest BCUT2D eigenvalue weighted by Gasteiger charge is -2.29. The number of carbonyl (C=O) groups excluding carboxylic acids is 4. The van der Waals surface area contributed by atoms with Gasteiger partial charge in [-0.05, 0) is 117 Å². The van der Waals surface area contributed by atoms with Crippen LogP contribution in [0.5, 0.6) is 0 Å². The van der Waals surface area contributed by atoms with Crippen LogP contribution >= 0.6 is 45.9 Å². The summed E-state index contributed by atoms with van der Waals surface area (Å²) < 4.78 is 50.5. The van der Waals surface area contributed by atoms with E-state index in [9.17, 15) is 19.2 Å². The number of hydrogen-bond acceptors (Lipinski definition) is 20. The third-order valence-electron chi connectivity index (χ3n) is 15.5. The summed E-state index contributed by atoms with van der Waals surface area (Å²) in [5.74, 6) is 2.01. The molecule has 0 radical (unpaired) electrons. The van der Waals surface area contributed by atoms with Crippen molar-refractivity contribution in [2.75, 3.05) is 119 Å². The van der Waals surface area contributed by atoms with Gasteiger partial charge in [0.05, 0.1) is 110 Å². The Labute approximate surface area is 573 Å². The van der Waals surface area contributed by atoms with Crippen molar-refractivity contribution in [1.82, 2.24) is 50.8 Å². The number of aromatic nitrogens is 6. The Kier molecular flexibility index (Phi) is 28.2. The van der Waals surface area contributed by atoms with Crippen LogP contribution < -0.4 is 21.3 Å². The highest BCUT2D eigenvalue weighted by atomic mass is 35.5. The van der Waals surface area contributed by atoms with Crippen LogP contribution in [0.15, 0.2) is 58.5 Å². The molecule has 2 aliphatic heterocycles. The molecule has 516 valence electrons. The molecule has 95 heavy (non-hydrogen) atoms. The second-order valence-corrected chi connectivity index (χ2v) is 27.9. The molecule has 0 spiro atoms. The van der Waals surface area contributed by atoms with Gasteiger partial charge in [0.2, 0.25) is 17.7 Å². The molecule has 8 rings (SSSR count). The molecule has 0 bridgehead atoms. The van der Waals surface area contributed by atoms with Gasteiger partial charge >= 0.3 is 6.09 Å². The molecule has 24 nitrogen and oxygen atoms in total. The van der Waals surface area contributed by atoms with Crippen LogP contribution in [0.1, 0.15) is 138 Å². The number of nitrogens with one attached hydrogen (secondary N) is 4. The molecule has 0 unspecified atom stereocenters. The summed E-state index contributed by atoms with van der Waals surface area (Å²) >= 11 is 15.9. The molecule has 2 atom stereocenters. The molecule has 4 amide bonds. The van der Waals surface area contributed by atoms with Crippen molar-refractivity contribution >= 4 is 81.1 Å². The highest BCUT2D eigenvalue weighted by Gasteiger charge is 2.35. The quantitative estimate of drug-likeness (QED) is 0.0263. The van der Waals surface area contributed by atoms with E-state index < -0.39 is 29.2 Å². The summed E-state index contributed by atoms with van der Waals surface area (Å²) in [6.07, 6.45) is 1.97. The minimum absolute atomic E-state index is 0.0638. The van der Waals surface area contributed by atoms with E-state index >= 15 is 0 Å². The summed E-state index contributed by atoms with van der Waals surface area (Å²) in [6, 6.07) is 14.0. The number of halogens is 2. The third kappa shape index (κ3) is 21.7. The molecule has 2 aromatic carbocycles. The number of alkyl carbamates (subject to hydrolysis) is 1. The van der Waals surface area contributed by atoms with Gasteiger partial charge in [-0.1, -0.05) is 54.4 Å². The van der Waals surface area contributed by atoms with Crippen molar-refractivity contribution < 1.29 is 57.1 Å². The molecule has 2 aliphatic rings. The van der Waals surface area contributed by atoms with Gasteiger partial charge < -0.3 is 59.2 Å². The maximum Gasteiger partial charge on any atom is 0.407 e. The molecular formula is C67H90Cl2N12O12S2. The van der Waals surface area contributed by atoms with Crippen molar-refractivity contribution in [3.05, 3.63) is 125 Å². The van der Waals surface area contributed by atoms with Gasteiger partial charge in [-0.25, -0.2) is 4.79 Å². The normalized spacial score (nSPS) is 14.4. The average molecular weight is 1390 g/mol. The lowest BCUT2D eigenvalue weighted by molar-refractivity contribution is -0.129. The fourth-order valence-corrected chi connectivity index (χ4v) is 13.2. The summed E-state index contributed by atoms with van der Waals surface area (Å²) in [6.45, 7) is 24.7. The van der Waals surface area contributed by atoms with Crippen LogP contribution in [0.25, 0.3) is 10.0 Å². The molecule has 0 saturated heterocycles. The number of fused-ring (bicyclic) bond motifs is 6. The number of nitrogens with zero attached hydrogens (tertiary/aromatic N) is 8. The number of hydrogen-bond donors (Lipinski definition) is 4. The SMILES string of the molecule is Cc1sc2c(c1C)C(c1ccc(Cl)cc1)=N[C@@H](CC(=O)NCCOCCOCCOCC(C)(COCCOCCOCCNC(=O)C[C@@H]1N=C(c3ccc(Cl)cc3)c3c(sc(C)c3C)-n3c(C)nnc31)COCC(=O)NCCCCCNC(=O)OC(C)(C)C)c1nnc(C)n1-2. The molecular weight excluding hydrogens is 1300 g/mol. The van der Waals surface area contributed by atoms with Crippen LogP contribution in [0, 0.1) is 47.0 Å². The van der Waals surface area contributed by atoms with Crippen molar-refractivity contribution in [3.8, 4) is 10.0 Å². The number of ether oxygens (including phenoxy) is 8. The van der Waals surface area contributed by atoms with E-state index in [-0.39, 0.29) is 83.4 Å².